The second-order valence-corrected chi connectivity index (χ2v) is 15.5. The number of hydrogen-bond acceptors (Lipinski definition) is 3. The standard InChI is InChI=1S/C57H36N4/c1-5-17-37(18-6-1)49-36-50(38-19-7-2-8-20-38)60-57(59-49)45-32-31-42(43-25-13-14-26-44(43)45)40-29-30-46-51(35-40)58-56(39-21-9-3-10-22-39)48-33-34-53-55(54(46)48)47-27-15-16-28-52(47)61(53)41-23-11-4-12-24-41/h1-36H. The Kier molecular flexibility index (Phi) is 8.13. The molecule has 4 heteroatoms. The van der Waals surface area contributed by atoms with Crippen LogP contribution in [0.3, 0.4) is 0 Å². The minimum atomic E-state index is 0.695. The van der Waals surface area contributed by atoms with E-state index >= 15 is 0 Å². The van der Waals surface area contributed by atoms with Crippen LogP contribution in [-0.2, 0) is 0 Å². The number of rotatable bonds is 6. The predicted octanol–water partition coefficient (Wildman–Crippen LogP) is 14.8. The van der Waals surface area contributed by atoms with Gasteiger partial charge in [-0.2, -0.15) is 0 Å². The molecular weight excluding hydrogens is 741 g/mol. The number of hydrogen-bond donors (Lipinski definition) is 0. The summed E-state index contributed by atoms with van der Waals surface area (Å²) in [6.07, 6.45) is 0. The maximum absolute atomic E-state index is 5.51. The molecule has 9 aromatic carbocycles. The number of fused-ring (bicyclic) bond motifs is 8. The molecule has 0 atom stereocenters. The summed E-state index contributed by atoms with van der Waals surface area (Å²) in [5.74, 6) is 0.695. The van der Waals surface area contributed by atoms with Crippen LogP contribution >= 0.6 is 0 Å². The average Bonchev–Trinajstić information content (AvgIpc) is 3.68. The van der Waals surface area contributed by atoms with Crippen molar-refractivity contribution in [1.29, 1.82) is 0 Å². The van der Waals surface area contributed by atoms with E-state index in [2.05, 4.69) is 211 Å². The van der Waals surface area contributed by atoms with Crippen LogP contribution in [-0.4, -0.2) is 19.5 Å². The topological polar surface area (TPSA) is 43.6 Å². The van der Waals surface area contributed by atoms with Gasteiger partial charge in [0, 0.05) is 54.9 Å². The summed E-state index contributed by atoms with van der Waals surface area (Å²) in [6.45, 7) is 0. The Morgan fingerprint density at radius 1 is 0.311 bits per heavy atom. The van der Waals surface area contributed by atoms with Crippen molar-refractivity contribution in [2.24, 2.45) is 0 Å². The fourth-order valence-electron chi connectivity index (χ4n) is 9.22. The normalized spacial score (nSPS) is 11.6. The van der Waals surface area contributed by atoms with Gasteiger partial charge in [-0.3, -0.25) is 0 Å². The molecule has 0 bridgehead atoms. The molecule has 3 heterocycles. The number of aromatic nitrogens is 4. The van der Waals surface area contributed by atoms with Gasteiger partial charge < -0.3 is 4.57 Å². The first-order valence-electron chi connectivity index (χ1n) is 20.7. The van der Waals surface area contributed by atoms with Crippen LogP contribution in [0.2, 0.25) is 0 Å². The van der Waals surface area contributed by atoms with Crippen molar-refractivity contribution < 1.29 is 0 Å². The molecule has 0 aliphatic carbocycles. The van der Waals surface area contributed by atoms with Crippen molar-refractivity contribution in [2.45, 2.75) is 0 Å². The first kappa shape index (κ1) is 34.8. The molecular formula is C57H36N4. The van der Waals surface area contributed by atoms with E-state index in [1.807, 2.05) is 12.1 Å². The number of benzene rings is 9. The summed E-state index contributed by atoms with van der Waals surface area (Å²) in [5, 5.41) is 8.15. The molecule has 0 radical (unpaired) electrons. The van der Waals surface area contributed by atoms with Gasteiger partial charge in [0.05, 0.1) is 33.6 Å². The monoisotopic (exact) mass is 776 g/mol. The van der Waals surface area contributed by atoms with E-state index in [4.69, 9.17) is 15.0 Å². The number of nitrogens with zero attached hydrogens (tertiary/aromatic N) is 4. The van der Waals surface area contributed by atoms with Crippen molar-refractivity contribution in [2.75, 3.05) is 0 Å². The largest absolute Gasteiger partial charge is 0.309 e. The van der Waals surface area contributed by atoms with Gasteiger partial charge in [0.1, 0.15) is 0 Å². The van der Waals surface area contributed by atoms with Gasteiger partial charge in [-0.1, -0.05) is 176 Å². The Hall–Kier alpha value is -8.21. The molecule has 0 fully saturated rings. The van der Waals surface area contributed by atoms with Gasteiger partial charge in [-0.25, -0.2) is 15.0 Å². The molecule has 12 aromatic rings. The Morgan fingerprint density at radius 2 is 0.852 bits per heavy atom. The van der Waals surface area contributed by atoms with Crippen LogP contribution in [0.25, 0.3) is 116 Å². The first-order chi connectivity index (χ1) is 30.3. The lowest BCUT2D eigenvalue weighted by atomic mass is 9.92. The molecule has 0 aliphatic rings. The third-order valence-electron chi connectivity index (χ3n) is 12.0. The van der Waals surface area contributed by atoms with E-state index in [-0.39, 0.29) is 0 Å². The minimum Gasteiger partial charge on any atom is -0.309 e. The van der Waals surface area contributed by atoms with Crippen LogP contribution in [0.5, 0.6) is 0 Å². The maximum Gasteiger partial charge on any atom is 0.161 e. The maximum atomic E-state index is 5.51. The molecule has 0 unspecified atom stereocenters. The summed E-state index contributed by atoms with van der Waals surface area (Å²) in [7, 11) is 0. The third kappa shape index (κ3) is 5.80. The summed E-state index contributed by atoms with van der Waals surface area (Å²) in [4.78, 5) is 15.9. The summed E-state index contributed by atoms with van der Waals surface area (Å²) < 4.78 is 2.39. The Bertz CT molecular complexity index is 3560. The molecule has 0 amide bonds. The van der Waals surface area contributed by atoms with Crippen LogP contribution < -0.4 is 0 Å². The first-order valence-corrected chi connectivity index (χ1v) is 20.7. The van der Waals surface area contributed by atoms with E-state index < -0.39 is 0 Å². The van der Waals surface area contributed by atoms with Gasteiger partial charge >= 0.3 is 0 Å². The fourth-order valence-corrected chi connectivity index (χ4v) is 9.22. The zero-order chi connectivity index (χ0) is 40.3. The molecule has 0 spiro atoms. The smallest absolute Gasteiger partial charge is 0.161 e. The van der Waals surface area contributed by atoms with Gasteiger partial charge in [-0.05, 0) is 64.4 Å². The SMILES string of the molecule is c1ccc(-c2cc(-c3ccccc3)nc(-c3ccc(-c4ccc5c(c4)nc(-c4ccccc4)c4ccc6c(c7ccccc7n6-c6ccccc6)c45)c4ccccc34)n2)cc1. The average molecular weight is 777 g/mol. The second kappa shape index (κ2) is 14.3. The molecule has 61 heavy (non-hydrogen) atoms. The fraction of sp³-hybridized carbons (Fsp3) is 0. The van der Waals surface area contributed by atoms with Crippen LogP contribution in [0.4, 0.5) is 0 Å². The Balaban J connectivity index is 1.09. The van der Waals surface area contributed by atoms with E-state index in [9.17, 15) is 0 Å². The molecule has 284 valence electrons. The lowest BCUT2D eigenvalue weighted by Gasteiger charge is -2.15. The van der Waals surface area contributed by atoms with Crippen molar-refractivity contribution in [3.05, 3.63) is 218 Å². The van der Waals surface area contributed by atoms with Crippen LogP contribution in [0, 0.1) is 0 Å². The quantitative estimate of drug-likeness (QED) is 0.158. The highest BCUT2D eigenvalue weighted by Crippen LogP contribution is 2.44. The van der Waals surface area contributed by atoms with E-state index in [1.54, 1.807) is 0 Å². The zero-order valence-corrected chi connectivity index (χ0v) is 33.1. The highest BCUT2D eigenvalue weighted by atomic mass is 15.0. The van der Waals surface area contributed by atoms with Gasteiger partial charge in [0.25, 0.3) is 0 Å². The van der Waals surface area contributed by atoms with Crippen molar-refractivity contribution in [3.8, 4) is 62.0 Å². The van der Waals surface area contributed by atoms with E-state index in [0.29, 0.717) is 5.82 Å². The summed E-state index contributed by atoms with van der Waals surface area (Å²) in [5.41, 5.74) is 13.6. The van der Waals surface area contributed by atoms with E-state index in [0.717, 1.165) is 83.2 Å². The molecule has 0 N–H and O–H groups in total. The highest BCUT2D eigenvalue weighted by molar-refractivity contribution is 6.29. The number of pyridine rings is 1. The number of para-hydroxylation sites is 2. The molecule has 3 aromatic heterocycles. The molecule has 0 saturated carbocycles. The molecule has 0 aliphatic heterocycles. The van der Waals surface area contributed by atoms with Crippen LogP contribution in [0.1, 0.15) is 0 Å². The van der Waals surface area contributed by atoms with Crippen molar-refractivity contribution in [3.63, 3.8) is 0 Å². The van der Waals surface area contributed by atoms with Gasteiger partial charge in [0.15, 0.2) is 5.82 Å². The lowest BCUT2D eigenvalue weighted by molar-refractivity contribution is 1.18. The van der Waals surface area contributed by atoms with Gasteiger partial charge in [-0.15, -0.1) is 0 Å². The third-order valence-corrected chi connectivity index (χ3v) is 12.0. The minimum absolute atomic E-state index is 0.695. The van der Waals surface area contributed by atoms with Gasteiger partial charge in [0.2, 0.25) is 0 Å². The Morgan fingerprint density at radius 3 is 1.52 bits per heavy atom. The summed E-state index contributed by atoms with van der Waals surface area (Å²) >= 11 is 0. The van der Waals surface area contributed by atoms with Crippen LogP contribution in [0.15, 0.2) is 218 Å². The summed E-state index contributed by atoms with van der Waals surface area (Å²) in [6, 6.07) is 77.2. The van der Waals surface area contributed by atoms with Crippen molar-refractivity contribution >= 4 is 54.3 Å². The molecule has 12 rings (SSSR count). The zero-order valence-electron chi connectivity index (χ0n) is 33.1. The van der Waals surface area contributed by atoms with Crippen molar-refractivity contribution in [1.82, 2.24) is 19.5 Å². The molecule has 0 saturated heterocycles. The molecule has 4 nitrogen and oxygen atoms in total. The van der Waals surface area contributed by atoms with E-state index in [1.165, 1.54) is 27.2 Å². The highest BCUT2D eigenvalue weighted by Gasteiger charge is 2.21. The lowest BCUT2D eigenvalue weighted by Crippen LogP contribution is -1.97. The Labute approximate surface area is 352 Å². The second-order valence-electron chi connectivity index (χ2n) is 15.5. The predicted molar refractivity (Wildman–Crippen MR) is 254 cm³/mol.